The average Bonchev–Trinajstić information content (AvgIpc) is 2.93. The number of nitrogens with one attached hydrogen (secondary N) is 1. The highest BCUT2D eigenvalue weighted by Gasteiger charge is 2.03. The van der Waals surface area contributed by atoms with Crippen molar-refractivity contribution >= 4 is 17.3 Å². The lowest BCUT2D eigenvalue weighted by Crippen LogP contribution is -2.17. The standard InChI is InChI=1S/C15H17NO2S/c1-18-15(17)9-10-16-11-13-7-8-14(19-13)12-5-3-2-4-6-12/h2-8,16H,9-11H2,1H3. The van der Waals surface area contributed by atoms with Crippen molar-refractivity contribution < 1.29 is 9.53 Å². The van der Waals surface area contributed by atoms with Crippen molar-refractivity contribution in [1.82, 2.24) is 5.32 Å². The molecule has 0 bridgehead atoms. The topological polar surface area (TPSA) is 38.3 Å². The van der Waals surface area contributed by atoms with Crippen molar-refractivity contribution in [3.63, 3.8) is 0 Å². The second-order valence-corrected chi connectivity index (χ2v) is 5.30. The van der Waals surface area contributed by atoms with Crippen LogP contribution >= 0.6 is 11.3 Å². The van der Waals surface area contributed by atoms with E-state index in [1.165, 1.54) is 22.4 Å². The summed E-state index contributed by atoms with van der Waals surface area (Å²) >= 11 is 1.77. The van der Waals surface area contributed by atoms with Crippen molar-refractivity contribution in [2.45, 2.75) is 13.0 Å². The Morgan fingerprint density at radius 3 is 2.74 bits per heavy atom. The van der Waals surface area contributed by atoms with Crippen LogP contribution in [0.15, 0.2) is 42.5 Å². The van der Waals surface area contributed by atoms with Crippen molar-refractivity contribution in [1.29, 1.82) is 0 Å². The first-order chi connectivity index (χ1) is 9.29. The largest absolute Gasteiger partial charge is 0.469 e. The molecule has 0 saturated carbocycles. The number of benzene rings is 1. The van der Waals surface area contributed by atoms with Gasteiger partial charge in [0.2, 0.25) is 0 Å². The van der Waals surface area contributed by atoms with E-state index in [9.17, 15) is 4.79 Å². The third-order valence-corrected chi connectivity index (χ3v) is 3.89. The molecule has 0 aliphatic rings. The maximum absolute atomic E-state index is 11.0. The van der Waals surface area contributed by atoms with Crippen LogP contribution in [-0.4, -0.2) is 19.6 Å². The van der Waals surface area contributed by atoms with E-state index in [1.54, 1.807) is 11.3 Å². The average molecular weight is 275 g/mol. The number of esters is 1. The molecule has 0 atom stereocenters. The summed E-state index contributed by atoms with van der Waals surface area (Å²) in [6.45, 7) is 1.43. The van der Waals surface area contributed by atoms with E-state index >= 15 is 0 Å². The van der Waals surface area contributed by atoms with Crippen LogP contribution < -0.4 is 5.32 Å². The van der Waals surface area contributed by atoms with E-state index in [0.29, 0.717) is 13.0 Å². The molecule has 0 saturated heterocycles. The molecule has 0 aliphatic heterocycles. The summed E-state index contributed by atoms with van der Waals surface area (Å²) in [6.07, 6.45) is 0.410. The summed E-state index contributed by atoms with van der Waals surface area (Å²) in [7, 11) is 1.41. The second kappa shape index (κ2) is 7.07. The van der Waals surface area contributed by atoms with Crippen LogP contribution in [-0.2, 0) is 16.1 Å². The number of rotatable bonds is 6. The fraction of sp³-hybridized carbons (Fsp3) is 0.267. The first-order valence-corrected chi connectivity index (χ1v) is 7.03. The second-order valence-electron chi connectivity index (χ2n) is 4.13. The Morgan fingerprint density at radius 1 is 1.21 bits per heavy atom. The fourth-order valence-electron chi connectivity index (χ4n) is 1.73. The predicted octanol–water partition coefficient (Wildman–Crippen LogP) is 3.07. The number of hydrogen-bond acceptors (Lipinski definition) is 4. The van der Waals surface area contributed by atoms with E-state index < -0.39 is 0 Å². The van der Waals surface area contributed by atoms with E-state index in [0.717, 1.165) is 6.54 Å². The van der Waals surface area contributed by atoms with E-state index in [2.05, 4.69) is 34.3 Å². The van der Waals surface area contributed by atoms with Gasteiger partial charge in [-0.25, -0.2) is 0 Å². The zero-order chi connectivity index (χ0) is 13.5. The van der Waals surface area contributed by atoms with Crippen LogP contribution in [0.4, 0.5) is 0 Å². The molecule has 2 aromatic rings. The highest BCUT2D eigenvalue weighted by molar-refractivity contribution is 7.15. The van der Waals surface area contributed by atoms with Gasteiger partial charge < -0.3 is 10.1 Å². The van der Waals surface area contributed by atoms with Crippen LogP contribution in [0.3, 0.4) is 0 Å². The van der Waals surface area contributed by atoms with Gasteiger partial charge in [-0.15, -0.1) is 11.3 Å². The van der Waals surface area contributed by atoms with Gasteiger partial charge in [-0.1, -0.05) is 30.3 Å². The van der Waals surface area contributed by atoms with Crippen molar-refractivity contribution in [2.75, 3.05) is 13.7 Å². The first-order valence-electron chi connectivity index (χ1n) is 6.21. The molecular formula is C15H17NO2S. The Balaban J connectivity index is 1.83. The smallest absolute Gasteiger partial charge is 0.306 e. The minimum atomic E-state index is -0.177. The molecule has 0 radical (unpaired) electrons. The molecule has 0 aliphatic carbocycles. The van der Waals surface area contributed by atoms with Gasteiger partial charge in [0.25, 0.3) is 0 Å². The predicted molar refractivity (Wildman–Crippen MR) is 78.1 cm³/mol. The number of thiophene rings is 1. The van der Waals surface area contributed by atoms with Gasteiger partial charge in [0.15, 0.2) is 0 Å². The van der Waals surface area contributed by atoms with Gasteiger partial charge in [0, 0.05) is 22.8 Å². The highest BCUT2D eigenvalue weighted by atomic mass is 32.1. The molecular weight excluding hydrogens is 258 g/mol. The van der Waals surface area contributed by atoms with Crippen molar-refractivity contribution in [2.24, 2.45) is 0 Å². The quantitative estimate of drug-likeness (QED) is 0.650. The summed E-state index contributed by atoms with van der Waals surface area (Å²) in [4.78, 5) is 13.5. The molecule has 4 heteroatoms. The Morgan fingerprint density at radius 2 is 2.00 bits per heavy atom. The Labute approximate surface area is 117 Å². The van der Waals surface area contributed by atoms with E-state index in [-0.39, 0.29) is 5.97 Å². The SMILES string of the molecule is COC(=O)CCNCc1ccc(-c2ccccc2)s1. The minimum absolute atomic E-state index is 0.177. The van der Waals surface area contributed by atoms with Gasteiger partial charge in [0.05, 0.1) is 13.5 Å². The van der Waals surface area contributed by atoms with Gasteiger partial charge in [-0.2, -0.15) is 0 Å². The molecule has 3 nitrogen and oxygen atoms in total. The summed E-state index contributed by atoms with van der Waals surface area (Å²) in [6, 6.07) is 14.6. The molecule has 2 rings (SSSR count). The van der Waals surface area contributed by atoms with Crippen LogP contribution in [0, 0.1) is 0 Å². The van der Waals surface area contributed by atoms with Gasteiger partial charge >= 0.3 is 5.97 Å². The number of carbonyl (C=O) groups is 1. The maximum Gasteiger partial charge on any atom is 0.306 e. The van der Waals surface area contributed by atoms with Crippen molar-refractivity contribution in [3.05, 3.63) is 47.3 Å². The van der Waals surface area contributed by atoms with E-state index in [4.69, 9.17) is 0 Å². The van der Waals surface area contributed by atoms with Crippen LogP contribution in [0.1, 0.15) is 11.3 Å². The Bertz CT molecular complexity index is 522. The van der Waals surface area contributed by atoms with Crippen LogP contribution in [0.25, 0.3) is 10.4 Å². The Kier molecular flexibility index (Phi) is 5.12. The molecule has 19 heavy (non-hydrogen) atoms. The molecule has 1 heterocycles. The van der Waals surface area contributed by atoms with Crippen molar-refractivity contribution in [3.8, 4) is 10.4 Å². The minimum Gasteiger partial charge on any atom is -0.469 e. The lowest BCUT2D eigenvalue weighted by molar-refractivity contribution is -0.140. The normalized spacial score (nSPS) is 10.4. The molecule has 0 fully saturated rings. The summed E-state index contributed by atoms with van der Waals surface area (Å²) in [5.74, 6) is -0.177. The number of methoxy groups -OCH3 is 1. The zero-order valence-corrected chi connectivity index (χ0v) is 11.7. The third-order valence-electron chi connectivity index (χ3n) is 2.75. The van der Waals surface area contributed by atoms with Gasteiger partial charge in [-0.05, 0) is 17.7 Å². The zero-order valence-electron chi connectivity index (χ0n) is 10.9. The molecule has 0 spiro atoms. The maximum atomic E-state index is 11.0. The van der Waals surface area contributed by atoms with Gasteiger partial charge in [0.1, 0.15) is 0 Å². The summed E-state index contributed by atoms with van der Waals surface area (Å²) in [5.41, 5.74) is 1.24. The number of carbonyl (C=O) groups excluding carboxylic acids is 1. The Hall–Kier alpha value is -1.65. The van der Waals surface area contributed by atoms with Gasteiger partial charge in [-0.3, -0.25) is 4.79 Å². The van der Waals surface area contributed by atoms with Crippen LogP contribution in [0.5, 0.6) is 0 Å². The van der Waals surface area contributed by atoms with E-state index in [1.807, 2.05) is 18.2 Å². The molecule has 100 valence electrons. The lowest BCUT2D eigenvalue weighted by Gasteiger charge is -2.01. The molecule has 1 aromatic carbocycles. The lowest BCUT2D eigenvalue weighted by atomic mass is 10.2. The highest BCUT2D eigenvalue weighted by Crippen LogP contribution is 2.27. The summed E-state index contributed by atoms with van der Waals surface area (Å²) in [5, 5.41) is 3.24. The van der Waals surface area contributed by atoms with Crippen LogP contribution in [0.2, 0.25) is 0 Å². The summed E-state index contributed by atoms with van der Waals surface area (Å²) < 4.78 is 4.59. The molecule has 0 amide bonds. The first kappa shape index (κ1) is 13.8. The fourth-order valence-corrected chi connectivity index (χ4v) is 2.72. The number of ether oxygens (including phenoxy) is 1. The number of hydrogen-bond donors (Lipinski definition) is 1. The molecule has 1 aromatic heterocycles. The molecule has 0 unspecified atom stereocenters. The third kappa shape index (κ3) is 4.19. The molecule has 1 N–H and O–H groups in total. The monoisotopic (exact) mass is 275 g/mol.